The van der Waals surface area contributed by atoms with Gasteiger partial charge < -0.3 is 0 Å². The summed E-state index contributed by atoms with van der Waals surface area (Å²) in [5, 5.41) is 18.4. The molecule has 1 aromatic heterocycles. The Balaban J connectivity index is 1.63. The van der Waals surface area contributed by atoms with E-state index in [4.69, 9.17) is 5.26 Å². The minimum atomic E-state index is -5.74. The summed E-state index contributed by atoms with van der Waals surface area (Å²) in [6.45, 7) is 0. The third-order valence-corrected chi connectivity index (χ3v) is 9.99. The highest BCUT2D eigenvalue weighted by Gasteiger charge is 2.79. The second-order valence-electron chi connectivity index (χ2n) is 11.4. The standard InChI is InChI=1S/C40H24F6N2S2/c41-38(42)33(19-20-34(49)29-15-11-26(23-47)12-16-29)36(39(43,44)40(38,45)46)32-22-35(30-17-13-27(24-48)14-18-30)50-37(32)31(28-9-5-2-6-10-28)21-25-7-3-1-4-8-25/h1-18,20-22,49H,19H2/b31-21+,34-20-. The summed E-state index contributed by atoms with van der Waals surface area (Å²) in [5.74, 6) is -16.2. The summed E-state index contributed by atoms with van der Waals surface area (Å²) in [4.78, 5) is 0.509. The van der Waals surface area contributed by atoms with Crippen molar-refractivity contribution in [2.45, 2.75) is 24.2 Å². The zero-order valence-electron chi connectivity index (χ0n) is 25.8. The first-order valence-corrected chi connectivity index (χ1v) is 16.4. The van der Waals surface area contributed by atoms with E-state index in [0.29, 0.717) is 43.8 Å². The molecule has 5 aromatic rings. The maximum Gasteiger partial charge on any atom is 0.380 e. The van der Waals surface area contributed by atoms with Gasteiger partial charge in [0.1, 0.15) is 0 Å². The first kappa shape index (κ1) is 34.6. The Hall–Kier alpha value is -5.29. The summed E-state index contributed by atoms with van der Waals surface area (Å²) in [6.07, 6.45) is 1.83. The molecule has 1 aliphatic rings. The molecule has 0 saturated heterocycles. The van der Waals surface area contributed by atoms with Gasteiger partial charge in [0.2, 0.25) is 0 Å². The second kappa shape index (κ2) is 13.5. The number of hydrogen-bond acceptors (Lipinski definition) is 4. The van der Waals surface area contributed by atoms with Crippen LogP contribution in [0.5, 0.6) is 0 Å². The molecule has 0 saturated carbocycles. The minimum absolute atomic E-state index is 0.0773. The lowest BCUT2D eigenvalue weighted by Crippen LogP contribution is -2.49. The van der Waals surface area contributed by atoms with E-state index in [0.717, 1.165) is 17.4 Å². The van der Waals surface area contributed by atoms with Gasteiger partial charge in [-0.05, 0) is 65.1 Å². The number of thiol groups is 1. The number of thiophene rings is 1. The van der Waals surface area contributed by atoms with Gasteiger partial charge in [0.15, 0.2) is 0 Å². The van der Waals surface area contributed by atoms with Gasteiger partial charge in [-0.2, -0.15) is 36.9 Å². The van der Waals surface area contributed by atoms with Crippen LogP contribution in [0, 0.1) is 22.7 Å². The topological polar surface area (TPSA) is 47.6 Å². The number of benzene rings is 4. The van der Waals surface area contributed by atoms with Gasteiger partial charge in [0.25, 0.3) is 0 Å². The molecule has 0 fully saturated rings. The number of alkyl halides is 6. The van der Waals surface area contributed by atoms with Crippen LogP contribution in [-0.2, 0) is 0 Å². The van der Waals surface area contributed by atoms with Crippen molar-refractivity contribution in [1.82, 2.24) is 0 Å². The Morgan fingerprint density at radius 2 is 1.26 bits per heavy atom. The summed E-state index contributed by atoms with van der Waals surface area (Å²) in [7, 11) is 0. The highest BCUT2D eigenvalue weighted by Crippen LogP contribution is 2.64. The molecule has 0 aliphatic heterocycles. The van der Waals surface area contributed by atoms with Crippen LogP contribution in [-0.4, -0.2) is 17.8 Å². The van der Waals surface area contributed by atoms with Crippen LogP contribution >= 0.6 is 24.0 Å². The maximum atomic E-state index is 16.1. The van der Waals surface area contributed by atoms with E-state index in [-0.39, 0.29) is 9.78 Å². The molecule has 4 aromatic carbocycles. The smallest absolute Gasteiger partial charge is 0.194 e. The summed E-state index contributed by atoms with van der Waals surface area (Å²) >= 11 is 5.34. The number of hydrogen-bond donors (Lipinski definition) is 1. The first-order chi connectivity index (χ1) is 23.9. The van der Waals surface area contributed by atoms with Crippen LogP contribution in [0.3, 0.4) is 0 Å². The number of rotatable bonds is 8. The van der Waals surface area contributed by atoms with Crippen molar-refractivity contribution in [3.8, 4) is 22.6 Å². The number of halogens is 6. The van der Waals surface area contributed by atoms with Crippen LogP contribution in [0.15, 0.2) is 127 Å². The molecule has 1 heterocycles. The van der Waals surface area contributed by atoms with E-state index >= 15 is 26.3 Å². The minimum Gasteiger partial charge on any atom is -0.194 e. The number of nitrogens with zero attached hydrogens (tertiary/aromatic N) is 2. The summed E-state index contributed by atoms with van der Waals surface area (Å²) in [5.41, 5.74) is -0.239. The van der Waals surface area contributed by atoms with Crippen molar-refractivity contribution >= 4 is 46.1 Å². The normalized spacial score (nSPS) is 16.6. The van der Waals surface area contributed by atoms with E-state index in [2.05, 4.69) is 12.6 Å². The van der Waals surface area contributed by atoms with Crippen molar-refractivity contribution in [1.29, 1.82) is 10.5 Å². The zero-order valence-corrected chi connectivity index (χ0v) is 27.6. The largest absolute Gasteiger partial charge is 0.380 e. The Morgan fingerprint density at radius 3 is 1.84 bits per heavy atom. The average Bonchev–Trinajstić information content (AvgIpc) is 3.60. The number of nitriles is 2. The van der Waals surface area contributed by atoms with Crippen molar-refractivity contribution < 1.29 is 26.3 Å². The van der Waals surface area contributed by atoms with Crippen molar-refractivity contribution in [3.05, 3.63) is 165 Å². The second-order valence-corrected chi connectivity index (χ2v) is 13.0. The van der Waals surface area contributed by atoms with Gasteiger partial charge in [-0.15, -0.1) is 24.0 Å². The molecule has 0 radical (unpaired) electrons. The molecular formula is C40H24F6N2S2. The van der Waals surface area contributed by atoms with E-state index in [1.807, 2.05) is 12.1 Å². The van der Waals surface area contributed by atoms with Gasteiger partial charge in [-0.1, -0.05) is 91.0 Å². The Kier molecular flexibility index (Phi) is 9.37. The van der Waals surface area contributed by atoms with Crippen molar-refractivity contribution in [3.63, 3.8) is 0 Å². The Labute approximate surface area is 294 Å². The summed E-state index contributed by atoms with van der Waals surface area (Å²) in [6, 6.07) is 34.8. The molecule has 0 amide bonds. The molecule has 10 heteroatoms. The molecular weight excluding hydrogens is 687 g/mol. The van der Waals surface area contributed by atoms with Crippen LogP contribution in [0.4, 0.5) is 26.3 Å². The van der Waals surface area contributed by atoms with E-state index in [1.165, 1.54) is 42.5 Å². The fourth-order valence-corrected chi connectivity index (χ4v) is 7.17. The fourth-order valence-electron chi connectivity index (χ4n) is 5.73. The summed E-state index contributed by atoms with van der Waals surface area (Å²) < 4.78 is 94.5. The SMILES string of the molecule is N#Cc1ccc(/C(S)=C/CC2=C(c3cc(-c4ccc(C#N)cc4)sc3/C(=C/c3ccccc3)c3ccccc3)C(F)(F)C(F)(F)C2(F)F)cc1. The lowest BCUT2D eigenvalue weighted by atomic mass is 9.92. The van der Waals surface area contributed by atoms with Crippen LogP contribution < -0.4 is 0 Å². The third-order valence-electron chi connectivity index (χ3n) is 8.33. The quantitative estimate of drug-likeness (QED) is 0.0990. The monoisotopic (exact) mass is 710 g/mol. The van der Waals surface area contributed by atoms with Gasteiger partial charge in [0.05, 0.1) is 23.3 Å². The van der Waals surface area contributed by atoms with Crippen LogP contribution in [0.2, 0.25) is 0 Å². The maximum absolute atomic E-state index is 16.1. The van der Waals surface area contributed by atoms with Gasteiger partial charge in [-0.25, -0.2) is 0 Å². The fraction of sp³-hybridized carbons (Fsp3) is 0.100. The highest BCUT2D eigenvalue weighted by atomic mass is 32.1. The molecule has 0 bridgehead atoms. The molecule has 0 atom stereocenters. The predicted molar refractivity (Wildman–Crippen MR) is 189 cm³/mol. The van der Waals surface area contributed by atoms with E-state index in [1.54, 1.807) is 78.9 Å². The third kappa shape index (κ3) is 6.17. The van der Waals surface area contributed by atoms with Gasteiger partial charge >= 0.3 is 17.8 Å². The molecule has 248 valence electrons. The Bertz CT molecular complexity index is 2220. The zero-order chi connectivity index (χ0) is 35.7. The molecule has 1 aliphatic carbocycles. The van der Waals surface area contributed by atoms with Crippen LogP contribution in [0.25, 0.3) is 32.6 Å². The van der Waals surface area contributed by atoms with E-state index < -0.39 is 40.9 Å². The first-order valence-electron chi connectivity index (χ1n) is 15.1. The van der Waals surface area contributed by atoms with Crippen LogP contribution in [0.1, 0.15) is 44.7 Å². The molecule has 0 unspecified atom stereocenters. The van der Waals surface area contributed by atoms with Gasteiger partial charge in [-0.3, -0.25) is 0 Å². The molecule has 50 heavy (non-hydrogen) atoms. The molecule has 0 spiro atoms. The molecule has 2 nitrogen and oxygen atoms in total. The highest BCUT2D eigenvalue weighted by molar-refractivity contribution is 7.90. The van der Waals surface area contributed by atoms with Crippen molar-refractivity contribution in [2.24, 2.45) is 0 Å². The Morgan fingerprint density at radius 1 is 0.700 bits per heavy atom. The van der Waals surface area contributed by atoms with Gasteiger partial charge in [0, 0.05) is 36.9 Å². The van der Waals surface area contributed by atoms with E-state index in [9.17, 15) is 5.26 Å². The lowest BCUT2D eigenvalue weighted by molar-refractivity contribution is -0.260. The van der Waals surface area contributed by atoms with Crippen molar-refractivity contribution in [2.75, 3.05) is 0 Å². The molecule has 6 rings (SSSR count). The molecule has 0 N–H and O–H groups in total. The lowest BCUT2D eigenvalue weighted by Gasteiger charge is -2.26. The number of allylic oxidation sites excluding steroid dienone is 3. The predicted octanol–water partition coefficient (Wildman–Crippen LogP) is 11.8. The average molecular weight is 711 g/mol.